The van der Waals surface area contributed by atoms with Crippen LogP contribution in [0.2, 0.25) is 0 Å². The van der Waals surface area contributed by atoms with E-state index in [1.807, 2.05) is 0 Å². The first-order valence-electron chi connectivity index (χ1n) is 9.07. The highest BCUT2D eigenvalue weighted by molar-refractivity contribution is 4.63. The number of halogens is 1. The minimum Gasteiger partial charge on any atom is -1.00 e. The summed E-state index contributed by atoms with van der Waals surface area (Å²) in [6, 6.07) is 0. The van der Waals surface area contributed by atoms with Gasteiger partial charge in [0.05, 0.1) is 26.7 Å². The molecule has 0 bridgehead atoms. The van der Waals surface area contributed by atoms with Crippen LogP contribution in [0.3, 0.4) is 0 Å². The van der Waals surface area contributed by atoms with Gasteiger partial charge < -0.3 is 21.6 Å². The quantitative estimate of drug-likeness (QED) is 0.259. The van der Waals surface area contributed by atoms with Gasteiger partial charge in [0.15, 0.2) is 6.73 Å². The van der Waals surface area contributed by atoms with E-state index in [2.05, 4.69) is 21.0 Å². The van der Waals surface area contributed by atoms with E-state index < -0.39 is 0 Å². The molecule has 0 atom stereocenters. The van der Waals surface area contributed by atoms with Crippen LogP contribution >= 0.6 is 0 Å². The minimum absolute atomic E-state index is 0. The molecule has 0 saturated heterocycles. The normalized spacial score (nSPS) is 17.3. The molecule has 0 aliphatic heterocycles. The average Bonchev–Trinajstić information content (AvgIpc) is 2.69. The van der Waals surface area contributed by atoms with Crippen LogP contribution in [0.15, 0.2) is 0 Å². The van der Waals surface area contributed by atoms with Gasteiger partial charge >= 0.3 is 0 Å². The van der Waals surface area contributed by atoms with Crippen LogP contribution in [0.4, 0.5) is 0 Å². The average molecular weight is 320 g/mol. The largest absolute Gasteiger partial charge is 1.00 e. The van der Waals surface area contributed by atoms with Gasteiger partial charge in [0.1, 0.15) is 0 Å². The molecule has 2 nitrogen and oxygen atoms in total. The van der Waals surface area contributed by atoms with Gasteiger partial charge in [0, 0.05) is 0 Å². The monoisotopic (exact) mass is 319 g/mol. The Morgan fingerprint density at radius 1 is 0.857 bits per heavy atom. The summed E-state index contributed by atoms with van der Waals surface area (Å²) in [4.78, 5) is 0. The van der Waals surface area contributed by atoms with Crippen molar-refractivity contribution in [2.24, 2.45) is 0 Å². The summed E-state index contributed by atoms with van der Waals surface area (Å²) in [7, 11) is 4.64. The Kier molecular flexibility index (Phi) is 12.9. The highest BCUT2D eigenvalue weighted by Crippen LogP contribution is 2.20. The molecule has 128 valence electrons. The predicted molar refractivity (Wildman–Crippen MR) is 87.8 cm³/mol. The van der Waals surface area contributed by atoms with E-state index in [9.17, 15) is 0 Å². The number of nitrogens with zero attached hydrogens (tertiary/aromatic N) is 1. The maximum atomic E-state index is 6.20. The van der Waals surface area contributed by atoms with Crippen molar-refractivity contribution in [2.45, 2.75) is 90.1 Å². The van der Waals surface area contributed by atoms with Crippen molar-refractivity contribution < 1.29 is 21.6 Å². The van der Waals surface area contributed by atoms with Crippen LogP contribution in [0.1, 0.15) is 84.0 Å². The third kappa shape index (κ3) is 11.4. The molecule has 1 fully saturated rings. The van der Waals surface area contributed by atoms with Crippen molar-refractivity contribution in [2.75, 3.05) is 27.4 Å². The number of ether oxygens (including phenoxy) is 1. The molecule has 0 amide bonds. The molecule has 21 heavy (non-hydrogen) atoms. The van der Waals surface area contributed by atoms with E-state index in [0.29, 0.717) is 6.10 Å². The highest BCUT2D eigenvalue weighted by Gasteiger charge is 2.19. The fraction of sp³-hybridized carbons (Fsp3) is 1.00. The molecule has 1 rings (SSSR count). The molecule has 0 aromatic heterocycles. The molecular formula is C18H38ClNO. The fourth-order valence-electron chi connectivity index (χ4n) is 3.10. The second-order valence-corrected chi connectivity index (χ2v) is 7.34. The summed E-state index contributed by atoms with van der Waals surface area (Å²) in [5, 5.41) is 0. The lowest BCUT2D eigenvalue weighted by Gasteiger charge is -2.31. The lowest BCUT2D eigenvalue weighted by Crippen LogP contribution is -3.00. The zero-order valence-electron chi connectivity index (χ0n) is 14.7. The number of hydrogen-bond donors (Lipinski definition) is 0. The lowest BCUT2D eigenvalue weighted by atomic mass is 10.1. The smallest absolute Gasteiger partial charge is 0.183 e. The Morgan fingerprint density at radius 3 is 2.05 bits per heavy atom. The van der Waals surface area contributed by atoms with Gasteiger partial charge in [-0.15, -0.1) is 0 Å². The van der Waals surface area contributed by atoms with Gasteiger partial charge in [-0.2, -0.15) is 0 Å². The van der Waals surface area contributed by atoms with Gasteiger partial charge in [0.25, 0.3) is 0 Å². The second-order valence-electron chi connectivity index (χ2n) is 7.34. The SMILES string of the molecule is CCCCCCCC[N+](C)(C)COC1CCCCCC1.[Cl-]. The van der Waals surface area contributed by atoms with Gasteiger partial charge in [-0.3, -0.25) is 0 Å². The first-order valence-corrected chi connectivity index (χ1v) is 9.07. The molecule has 1 aliphatic carbocycles. The van der Waals surface area contributed by atoms with E-state index in [4.69, 9.17) is 4.74 Å². The molecule has 0 N–H and O–H groups in total. The van der Waals surface area contributed by atoms with Gasteiger partial charge in [-0.1, -0.05) is 58.3 Å². The van der Waals surface area contributed by atoms with Crippen molar-refractivity contribution in [1.82, 2.24) is 0 Å². The van der Waals surface area contributed by atoms with Crippen LogP contribution in [0.25, 0.3) is 0 Å². The molecule has 0 heterocycles. The molecule has 0 spiro atoms. The van der Waals surface area contributed by atoms with Crippen molar-refractivity contribution >= 4 is 0 Å². The van der Waals surface area contributed by atoms with E-state index in [0.717, 1.165) is 11.2 Å². The Balaban J connectivity index is 0.00000400. The molecule has 1 aliphatic rings. The number of hydrogen-bond acceptors (Lipinski definition) is 1. The Hall–Kier alpha value is 0.210. The first kappa shape index (κ1) is 21.2. The van der Waals surface area contributed by atoms with Gasteiger partial charge in [0.2, 0.25) is 0 Å². The maximum Gasteiger partial charge on any atom is 0.183 e. The summed E-state index contributed by atoms with van der Waals surface area (Å²) in [5.41, 5.74) is 0. The summed E-state index contributed by atoms with van der Waals surface area (Å²) in [6.07, 6.45) is 17.0. The maximum absolute atomic E-state index is 6.20. The van der Waals surface area contributed by atoms with Crippen molar-refractivity contribution in [3.05, 3.63) is 0 Å². The Labute approximate surface area is 139 Å². The van der Waals surface area contributed by atoms with Gasteiger partial charge in [-0.05, 0) is 25.7 Å². The molecule has 0 unspecified atom stereocenters. The number of quaternary nitrogens is 1. The minimum atomic E-state index is 0. The standard InChI is InChI=1S/C18H38NO.ClH/c1-4-5-6-7-10-13-16-19(2,3)17-20-18-14-11-8-9-12-15-18;/h18H,4-17H2,1-3H3;1H/q+1;/p-1. The first-order chi connectivity index (χ1) is 9.64. The third-order valence-corrected chi connectivity index (χ3v) is 4.58. The van der Waals surface area contributed by atoms with Crippen LogP contribution in [0.5, 0.6) is 0 Å². The Morgan fingerprint density at radius 2 is 1.43 bits per heavy atom. The van der Waals surface area contributed by atoms with Crippen molar-refractivity contribution in [1.29, 1.82) is 0 Å². The van der Waals surface area contributed by atoms with E-state index in [1.165, 1.54) is 83.6 Å². The summed E-state index contributed by atoms with van der Waals surface area (Å²) in [6.45, 7) is 4.45. The molecule has 0 aromatic carbocycles. The topological polar surface area (TPSA) is 9.23 Å². The number of rotatable bonds is 10. The molecule has 0 aromatic rings. The zero-order chi connectivity index (χ0) is 14.7. The van der Waals surface area contributed by atoms with E-state index >= 15 is 0 Å². The molecule has 3 heteroatoms. The molecule has 1 saturated carbocycles. The zero-order valence-corrected chi connectivity index (χ0v) is 15.5. The van der Waals surface area contributed by atoms with Crippen LogP contribution in [0, 0.1) is 0 Å². The lowest BCUT2D eigenvalue weighted by molar-refractivity contribution is -0.910. The molecule has 0 radical (unpaired) electrons. The summed E-state index contributed by atoms with van der Waals surface area (Å²) in [5.74, 6) is 0. The predicted octanol–water partition coefficient (Wildman–Crippen LogP) is 2.12. The Bertz CT molecular complexity index is 225. The van der Waals surface area contributed by atoms with E-state index in [-0.39, 0.29) is 12.4 Å². The second kappa shape index (κ2) is 12.7. The van der Waals surface area contributed by atoms with Crippen molar-refractivity contribution in [3.63, 3.8) is 0 Å². The highest BCUT2D eigenvalue weighted by atomic mass is 35.5. The van der Waals surface area contributed by atoms with Crippen LogP contribution < -0.4 is 12.4 Å². The number of unbranched alkanes of at least 4 members (excludes halogenated alkanes) is 5. The van der Waals surface area contributed by atoms with E-state index in [1.54, 1.807) is 0 Å². The van der Waals surface area contributed by atoms with Crippen molar-refractivity contribution in [3.8, 4) is 0 Å². The van der Waals surface area contributed by atoms with Crippen LogP contribution in [-0.4, -0.2) is 38.0 Å². The van der Waals surface area contributed by atoms with Gasteiger partial charge in [-0.25, -0.2) is 0 Å². The summed E-state index contributed by atoms with van der Waals surface area (Å²) < 4.78 is 7.23. The third-order valence-electron chi connectivity index (χ3n) is 4.58. The molecular weight excluding hydrogens is 282 g/mol. The van der Waals surface area contributed by atoms with Crippen LogP contribution in [-0.2, 0) is 4.74 Å². The fourth-order valence-corrected chi connectivity index (χ4v) is 3.10. The summed E-state index contributed by atoms with van der Waals surface area (Å²) >= 11 is 0.